The minimum absolute atomic E-state index is 0.202. The van der Waals surface area contributed by atoms with Crippen molar-refractivity contribution in [3.05, 3.63) is 18.2 Å². The van der Waals surface area contributed by atoms with E-state index in [-0.39, 0.29) is 17.9 Å². The third-order valence-electron chi connectivity index (χ3n) is 3.84. The van der Waals surface area contributed by atoms with E-state index in [2.05, 4.69) is 10.6 Å². The van der Waals surface area contributed by atoms with Crippen LogP contribution in [0.25, 0.3) is 0 Å². The Morgan fingerprint density at radius 1 is 1.22 bits per heavy atom. The number of methoxy groups -OCH3 is 1. The highest BCUT2D eigenvalue weighted by Gasteiger charge is 2.19. The van der Waals surface area contributed by atoms with Crippen LogP contribution in [0.15, 0.2) is 18.2 Å². The van der Waals surface area contributed by atoms with Crippen LogP contribution in [0.5, 0.6) is 11.5 Å². The zero-order chi connectivity index (χ0) is 16.8. The first-order valence-electron chi connectivity index (χ1n) is 7.92. The van der Waals surface area contributed by atoms with Gasteiger partial charge in [-0.25, -0.2) is 0 Å². The number of benzene rings is 1. The standard InChI is InChI=1S/C17H24N2O4/c1-11(18-12(2)20)17(21)19-13-8-9-15(22-3)16(10-13)23-14-6-4-5-7-14/h8-11,14H,4-7H2,1-3H3,(H,18,20)(H,19,21). The molecule has 1 atom stereocenters. The Bertz CT molecular complexity index is 568. The highest BCUT2D eigenvalue weighted by molar-refractivity contribution is 5.96. The summed E-state index contributed by atoms with van der Waals surface area (Å²) in [5.41, 5.74) is 0.612. The Labute approximate surface area is 136 Å². The predicted octanol–water partition coefficient (Wildman–Crippen LogP) is 2.48. The van der Waals surface area contributed by atoms with Gasteiger partial charge in [0.05, 0.1) is 13.2 Å². The number of amides is 2. The molecule has 2 rings (SSSR count). The van der Waals surface area contributed by atoms with Gasteiger partial charge in [-0.05, 0) is 44.7 Å². The Kier molecular flexibility index (Phi) is 5.84. The molecule has 2 N–H and O–H groups in total. The van der Waals surface area contributed by atoms with Crippen molar-refractivity contribution in [2.75, 3.05) is 12.4 Å². The number of ether oxygens (including phenoxy) is 2. The Morgan fingerprint density at radius 3 is 2.52 bits per heavy atom. The SMILES string of the molecule is COc1ccc(NC(=O)C(C)NC(C)=O)cc1OC1CCCC1. The predicted molar refractivity (Wildman–Crippen MR) is 87.8 cm³/mol. The maximum absolute atomic E-state index is 12.1. The number of nitrogens with one attached hydrogen (secondary N) is 2. The normalized spacial score (nSPS) is 15.8. The average molecular weight is 320 g/mol. The number of hydrogen-bond donors (Lipinski definition) is 2. The minimum Gasteiger partial charge on any atom is -0.493 e. The first-order valence-corrected chi connectivity index (χ1v) is 7.92. The molecule has 1 aromatic rings. The molecule has 1 aromatic carbocycles. The van der Waals surface area contributed by atoms with E-state index in [0.29, 0.717) is 17.2 Å². The maximum Gasteiger partial charge on any atom is 0.246 e. The molecule has 6 heteroatoms. The molecular weight excluding hydrogens is 296 g/mol. The van der Waals surface area contributed by atoms with Crippen LogP contribution >= 0.6 is 0 Å². The Balaban J connectivity index is 2.07. The highest BCUT2D eigenvalue weighted by atomic mass is 16.5. The summed E-state index contributed by atoms with van der Waals surface area (Å²) in [4.78, 5) is 23.1. The monoisotopic (exact) mass is 320 g/mol. The molecule has 6 nitrogen and oxygen atoms in total. The van der Waals surface area contributed by atoms with Gasteiger partial charge in [0.25, 0.3) is 0 Å². The van der Waals surface area contributed by atoms with Crippen molar-refractivity contribution >= 4 is 17.5 Å². The molecule has 1 aliphatic carbocycles. The van der Waals surface area contributed by atoms with Crippen molar-refractivity contribution in [2.24, 2.45) is 0 Å². The lowest BCUT2D eigenvalue weighted by Crippen LogP contribution is -2.40. The lowest BCUT2D eigenvalue weighted by Gasteiger charge is -2.18. The van der Waals surface area contributed by atoms with Gasteiger partial charge in [0.15, 0.2) is 11.5 Å². The molecule has 1 aliphatic rings. The number of anilines is 1. The summed E-state index contributed by atoms with van der Waals surface area (Å²) in [6, 6.07) is 4.67. The third kappa shape index (κ3) is 4.87. The number of carbonyl (C=O) groups is 2. The zero-order valence-corrected chi connectivity index (χ0v) is 13.8. The molecule has 0 radical (unpaired) electrons. The van der Waals surface area contributed by atoms with Crippen LogP contribution in [0.1, 0.15) is 39.5 Å². The van der Waals surface area contributed by atoms with E-state index in [9.17, 15) is 9.59 Å². The van der Waals surface area contributed by atoms with Gasteiger partial charge >= 0.3 is 0 Å². The first kappa shape index (κ1) is 17.1. The molecule has 126 valence electrons. The molecule has 0 aromatic heterocycles. The highest BCUT2D eigenvalue weighted by Crippen LogP contribution is 2.33. The fourth-order valence-corrected chi connectivity index (χ4v) is 2.65. The first-order chi connectivity index (χ1) is 11.0. The lowest BCUT2D eigenvalue weighted by atomic mass is 10.2. The van der Waals surface area contributed by atoms with Crippen molar-refractivity contribution in [3.63, 3.8) is 0 Å². The molecule has 0 heterocycles. The molecule has 0 spiro atoms. The van der Waals surface area contributed by atoms with Gasteiger partial charge in [-0.3, -0.25) is 9.59 Å². The van der Waals surface area contributed by atoms with Gasteiger partial charge in [0.1, 0.15) is 6.04 Å². The summed E-state index contributed by atoms with van der Waals surface area (Å²) in [5.74, 6) is 0.749. The Morgan fingerprint density at radius 2 is 1.91 bits per heavy atom. The molecule has 1 saturated carbocycles. The Hall–Kier alpha value is -2.24. The minimum atomic E-state index is -0.603. The molecule has 0 bridgehead atoms. The molecule has 23 heavy (non-hydrogen) atoms. The van der Waals surface area contributed by atoms with Crippen LogP contribution in [0.3, 0.4) is 0 Å². The smallest absolute Gasteiger partial charge is 0.246 e. The topological polar surface area (TPSA) is 76.7 Å². The second-order valence-corrected chi connectivity index (χ2v) is 5.80. The van der Waals surface area contributed by atoms with Crippen molar-refractivity contribution in [3.8, 4) is 11.5 Å². The van der Waals surface area contributed by atoms with Gasteiger partial charge in [0.2, 0.25) is 11.8 Å². The van der Waals surface area contributed by atoms with E-state index in [1.54, 1.807) is 32.2 Å². The number of rotatable bonds is 6. The van der Waals surface area contributed by atoms with E-state index < -0.39 is 6.04 Å². The van der Waals surface area contributed by atoms with Crippen molar-refractivity contribution in [1.29, 1.82) is 0 Å². The zero-order valence-electron chi connectivity index (χ0n) is 13.8. The number of hydrogen-bond acceptors (Lipinski definition) is 4. The van der Waals surface area contributed by atoms with Crippen molar-refractivity contribution < 1.29 is 19.1 Å². The van der Waals surface area contributed by atoms with Crippen molar-refractivity contribution in [2.45, 2.75) is 51.7 Å². The van der Waals surface area contributed by atoms with E-state index in [0.717, 1.165) is 12.8 Å². The fraction of sp³-hybridized carbons (Fsp3) is 0.529. The van der Waals surface area contributed by atoms with Crippen LogP contribution in [0.4, 0.5) is 5.69 Å². The molecule has 1 fully saturated rings. The van der Waals surface area contributed by atoms with Crippen molar-refractivity contribution in [1.82, 2.24) is 5.32 Å². The summed E-state index contributed by atoms with van der Waals surface area (Å²) in [7, 11) is 1.59. The molecule has 0 saturated heterocycles. The van der Waals surface area contributed by atoms with Gasteiger partial charge in [-0.2, -0.15) is 0 Å². The summed E-state index contributed by atoms with van der Waals surface area (Å²) < 4.78 is 11.3. The molecular formula is C17H24N2O4. The van der Waals surface area contributed by atoms with Crippen LogP contribution in [0.2, 0.25) is 0 Å². The summed E-state index contributed by atoms with van der Waals surface area (Å²) in [5, 5.41) is 5.33. The second kappa shape index (κ2) is 7.85. The average Bonchev–Trinajstić information content (AvgIpc) is 3.00. The van der Waals surface area contributed by atoms with Crippen LogP contribution in [-0.4, -0.2) is 31.1 Å². The molecule has 1 unspecified atom stereocenters. The largest absolute Gasteiger partial charge is 0.493 e. The maximum atomic E-state index is 12.1. The van der Waals surface area contributed by atoms with E-state index in [4.69, 9.17) is 9.47 Å². The fourth-order valence-electron chi connectivity index (χ4n) is 2.65. The third-order valence-corrected chi connectivity index (χ3v) is 3.84. The van der Waals surface area contributed by atoms with E-state index >= 15 is 0 Å². The van der Waals surface area contributed by atoms with Gasteiger partial charge in [-0.1, -0.05) is 0 Å². The lowest BCUT2D eigenvalue weighted by molar-refractivity contribution is -0.124. The van der Waals surface area contributed by atoms with Crippen LogP contribution in [0, 0.1) is 0 Å². The van der Waals surface area contributed by atoms with Crippen LogP contribution in [-0.2, 0) is 9.59 Å². The van der Waals surface area contributed by atoms with Gasteiger partial charge in [-0.15, -0.1) is 0 Å². The number of carbonyl (C=O) groups excluding carboxylic acids is 2. The van der Waals surface area contributed by atoms with Gasteiger partial charge < -0.3 is 20.1 Å². The van der Waals surface area contributed by atoms with Gasteiger partial charge in [0, 0.05) is 18.7 Å². The van der Waals surface area contributed by atoms with Crippen LogP contribution < -0.4 is 20.1 Å². The summed E-state index contributed by atoms with van der Waals surface area (Å²) in [6.07, 6.45) is 4.64. The molecule has 0 aliphatic heterocycles. The summed E-state index contributed by atoms with van der Waals surface area (Å²) >= 11 is 0. The van der Waals surface area contributed by atoms with E-state index in [1.807, 2.05) is 0 Å². The quantitative estimate of drug-likeness (QED) is 0.844. The van der Waals surface area contributed by atoms with E-state index in [1.165, 1.54) is 19.8 Å². The summed E-state index contributed by atoms with van der Waals surface area (Å²) in [6.45, 7) is 3.01. The second-order valence-electron chi connectivity index (χ2n) is 5.80. The molecule has 2 amide bonds.